The predicted octanol–water partition coefficient (Wildman–Crippen LogP) is 1.93. The van der Waals surface area contributed by atoms with Gasteiger partial charge in [0.05, 0.1) is 23.8 Å². The van der Waals surface area contributed by atoms with E-state index in [0.717, 1.165) is 55.8 Å². The molecule has 2 N–H and O–H groups in total. The molecular formula is C18H33IN6OS. The van der Waals surface area contributed by atoms with Crippen LogP contribution in [0.4, 0.5) is 0 Å². The zero-order valence-corrected chi connectivity index (χ0v) is 20.0. The van der Waals surface area contributed by atoms with Gasteiger partial charge in [0.1, 0.15) is 0 Å². The van der Waals surface area contributed by atoms with Crippen molar-refractivity contribution in [2.75, 3.05) is 39.3 Å². The van der Waals surface area contributed by atoms with E-state index in [2.05, 4.69) is 44.6 Å². The molecule has 0 atom stereocenters. The first-order valence-corrected chi connectivity index (χ1v) is 10.4. The Balaban J connectivity index is 0.00000364. The summed E-state index contributed by atoms with van der Waals surface area (Å²) < 4.78 is 0. The molecule has 0 aliphatic carbocycles. The number of hydrogen-bond acceptors (Lipinski definition) is 5. The van der Waals surface area contributed by atoms with Crippen LogP contribution in [0.25, 0.3) is 0 Å². The van der Waals surface area contributed by atoms with Gasteiger partial charge in [-0.25, -0.2) is 9.98 Å². The molecule has 0 bridgehead atoms. The average molecular weight is 508 g/mol. The maximum absolute atomic E-state index is 11.9. The van der Waals surface area contributed by atoms with Gasteiger partial charge in [0.25, 0.3) is 0 Å². The zero-order chi connectivity index (χ0) is 18.9. The molecular weight excluding hydrogens is 475 g/mol. The van der Waals surface area contributed by atoms with E-state index in [-0.39, 0.29) is 35.9 Å². The van der Waals surface area contributed by atoms with Crippen LogP contribution >= 0.6 is 35.3 Å². The van der Waals surface area contributed by atoms with Crippen LogP contribution in [0.3, 0.4) is 0 Å². The summed E-state index contributed by atoms with van der Waals surface area (Å²) in [6.07, 6.45) is 0.973. The maximum atomic E-state index is 11.9. The van der Waals surface area contributed by atoms with Gasteiger partial charge < -0.3 is 15.5 Å². The van der Waals surface area contributed by atoms with Gasteiger partial charge in [-0.3, -0.25) is 9.69 Å². The highest BCUT2D eigenvalue weighted by Crippen LogP contribution is 2.11. The summed E-state index contributed by atoms with van der Waals surface area (Å²) in [4.78, 5) is 25.7. The minimum absolute atomic E-state index is 0. The fourth-order valence-electron chi connectivity index (χ4n) is 2.85. The summed E-state index contributed by atoms with van der Waals surface area (Å²) in [5.74, 6) is 1.04. The van der Waals surface area contributed by atoms with Crippen molar-refractivity contribution in [2.45, 2.75) is 46.7 Å². The van der Waals surface area contributed by atoms with Crippen LogP contribution in [-0.4, -0.2) is 72.0 Å². The lowest BCUT2D eigenvalue weighted by molar-refractivity contribution is -0.123. The smallest absolute Gasteiger partial charge is 0.234 e. The Labute approximate surface area is 184 Å². The van der Waals surface area contributed by atoms with Gasteiger partial charge in [-0.05, 0) is 27.2 Å². The monoisotopic (exact) mass is 508 g/mol. The lowest BCUT2D eigenvalue weighted by Gasteiger charge is -2.36. The van der Waals surface area contributed by atoms with Gasteiger partial charge in [0, 0.05) is 44.1 Å². The highest BCUT2D eigenvalue weighted by Gasteiger charge is 2.21. The molecule has 154 valence electrons. The van der Waals surface area contributed by atoms with Crippen LogP contribution in [-0.2, 0) is 17.8 Å². The molecule has 0 saturated carbocycles. The van der Waals surface area contributed by atoms with Gasteiger partial charge in [-0.15, -0.1) is 35.3 Å². The minimum atomic E-state index is 0. The van der Waals surface area contributed by atoms with Crippen molar-refractivity contribution >= 4 is 47.2 Å². The fourth-order valence-corrected chi connectivity index (χ4v) is 3.59. The van der Waals surface area contributed by atoms with E-state index in [1.165, 1.54) is 0 Å². The molecule has 1 fully saturated rings. The summed E-state index contributed by atoms with van der Waals surface area (Å²) in [5, 5.41) is 9.59. The van der Waals surface area contributed by atoms with Crippen LogP contribution in [0.5, 0.6) is 0 Å². The van der Waals surface area contributed by atoms with Crippen molar-refractivity contribution in [3.8, 4) is 0 Å². The summed E-state index contributed by atoms with van der Waals surface area (Å²) in [5.41, 5.74) is 1.03. The number of carbonyl (C=O) groups is 1. The van der Waals surface area contributed by atoms with Gasteiger partial charge >= 0.3 is 0 Å². The Morgan fingerprint density at radius 1 is 1.30 bits per heavy atom. The number of nitrogens with one attached hydrogen (secondary N) is 2. The number of aryl methyl sites for hydroxylation is 1. The second-order valence-corrected chi connectivity index (χ2v) is 7.68. The number of aliphatic imine (C=N–C) groups is 1. The molecule has 2 heterocycles. The third kappa shape index (κ3) is 8.30. The third-order valence-electron chi connectivity index (χ3n) is 4.12. The standard InChI is InChI=1S/C18H32N6OS.HI/c1-5-17-22-15(13-26-17)11-20-18(19-6-2)24-9-7-23(8-10-24)12-16(25)21-14(3)4;/h13-14H,5-12H2,1-4H3,(H,19,20)(H,21,25);1H. The number of thiazole rings is 1. The molecule has 27 heavy (non-hydrogen) atoms. The molecule has 0 aromatic carbocycles. The van der Waals surface area contributed by atoms with Gasteiger partial charge in [-0.2, -0.15) is 0 Å². The second kappa shape index (κ2) is 12.5. The summed E-state index contributed by atoms with van der Waals surface area (Å²) >= 11 is 1.70. The number of guanidine groups is 1. The first-order chi connectivity index (χ1) is 12.5. The number of rotatable bonds is 7. The molecule has 9 heteroatoms. The van der Waals surface area contributed by atoms with Gasteiger partial charge in [0.15, 0.2) is 5.96 Å². The molecule has 1 aliphatic rings. The second-order valence-electron chi connectivity index (χ2n) is 6.74. The zero-order valence-electron chi connectivity index (χ0n) is 16.8. The van der Waals surface area contributed by atoms with Crippen LogP contribution in [0.2, 0.25) is 0 Å². The molecule has 1 aromatic heterocycles. The molecule has 7 nitrogen and oxygen atoms in total. The van der Waals surface area contributed by atoms with Crippen LogP contribution in [0, 0.1) is 0 Å². The topological polar surface area (TPSA) is 72.9 Å². The third-order valence-corrected chi connectivity index (χ3v) is 5.16. The number of halogens is 1. The normalized spacial score (nSPS) is 15.6. The number of hydrogen-bond donors (Lipinski definition) is 2. The lowest BCUT2D eigenvalue weighted by Crippen LogP contribution is -2.54. The first-order valence-electron chi connectivity index (χ1n) is 9.50. The van der Waals surface area contributed by atoms with E-state index < -0.39 is 0 Å². The summed E-state index contributed by atoms with van der Waals surface area (Å²) in [6, 6.07) is 0.190. The van der Waals surface area contributed by atoms with Gasteiger partial charge in [-0.1, -0.05) is 6.92 Å². The number of nitrogens with zero attached hydrogens (tertiary/aromatic N) is 4. The van der Waals surface area contributed by atoms with E-state index in [4.69, 9.17) is 4.99 Å². The molecule has 1 saturated heterocycles. The highest BCUT2D eigenvalue weighted by atomic mass is 127. The Morgan fingerprint density at radius 3 is 2.56 bits per heavy atom. The lowest BCUT2D eigenvalue weighted by atomic mass is 10.3. The Kier molecular flexibility index (Phi) is 11.2. The predicted molar refractivity (Wildman–Crippen MR) is 123 cm³/mol. The van der Waals surface area contributed by atoms with Crippen LogP contribution in [0.1, 0.15) is 38.4 Å². The van der Waals surface area contributed by atoms with E-state index in [9.17, 15) is 4.79 Å². The molecule has 2 rings (SSSR count). The van der Waals surface area contributed by atoms with Crippen molar-refractivity contribution in [1.82, 2.24) is 25.4 Å². The van der Waals surface area contributed by atoms with E-state index in [0.29, 0.717) is 13.1 Å². The van der Waals surface area contributed by atoms with Crippen molar-refractivity contribution in [1.29, 1.82) is 0 Å². The van der Waals surface area contributed by atoms with Crippen molar-refractivity contribution in [2.24, 2.45) is 4.99 Å². The van der Waals surface area contributed by atoms with Crippen LogP contribution in [0.15, 0.2) is 10.4 Å². The Bertz CT molecular complexity index is 598. The molecule has 1 aromatic rings. The van der Waals surface area contributed by atoms with Crippen LogP contribution < -0.4 is 10.6 Å². The number of aromatic nitrogens is 1. The van der Waals surface area contributed by atoms with E-state index in [1.807, 2.05) is 13.8 Å². The van der Waals surface area contributed by atoms with Crippen molar-refractivity contribution < 1.29 is 4.79 Å². The summed E-state index contributed by atoms with van der Waals surface area (Å²) in [6.45, 7) is 13.6. The molecule has 0 unspecified atom stereocenters. The summed E-state index contributed by atoms with van der Waals surface area (Å²) in [7, 11) is 0. The average Bonchev–Trinajstić information content (AvgIpc) is 3.07. The van der Waals surface area contributed by atoms with E-state index in [1.54, 1.807) is 11.3 Å². The maximum Gasteiger partial charge on any atom is 0.234 e. The molecule has 0 spiro atoms. The Morgan fingerprint density at radius 2 is 2.00 bits per heavy atom. The highest BCUT2D eigenvalue weighted by molar-refractivity contribution is 14.0. The minimum Gasteiger partial charge on any atom is -0.357 e. The largest absolute Gasteiger partial charge is 0.357 e. The SMILES string of the molecule is CCNC(=NCc1csc(CC)n1)N1CCN(CC(=O)NC(C)C)CC1.I. The fraction of sp³-hybridized carbons (Fsp3) is 0.722. The molecule has 1 aliphatic heterocycles. The molecule has 0 radical (unpaired) electrons. The molecule has 1 amide bonds. The van der Waals surface area contributed by atoms with Gasteiger partial charge in [0.2, 0.25) is 5.91 Å². The number of amides is 1. The van der Waals surface area contributed by atoms with Crippen molar-refractivity contribution in [3.63, 3.8) is 0 Å². The van der Waals surface area contributed by atoms with E-state index >= 15 is 0 Å². The Hall–Kier alpha value is -0.940. The van der Waals surface area contributed by atoms with Crippen molar-refractivity contribution in [3.05, 3.63) is 16.1 Å². The first kappa shape index (κ1) is 24.1. The quantitative estimate of drug-likeness (QED) is 0.335. The number of piperazine rings is 1. The number of carbonyl (C=O) groups excluding carboxylic acids is 1.